The van der Waals surface area contributed by atoms with Crippen molar-refractivity contribution in [2.45, 2.75) is 4.90 Å². The van der Waals surface area contributed by atoms with Gasteiger partial charge in [-0.15, -0.1) is 16.9 Å². The van der Waals surface area contributed by atoms with Gasteiger partial charge in [-0.2, -0.15) is 5.26 Å². The number of benzene rings is 2. The Kier molecular flexibility index (Phi) is 5.54. The summed E-state index contributed by atoms with van der Waals surface area (Å²) in [4.78, 5) is 17.8. The Morgan fingerprint density at radius 3 is 2.70 bits per heavy atom. The highest BCUT2D eigenvalue weighted by Gasteiger charge is 2.12. The summed E-state index contributed by atoms with van der Waals surface area (Å²) in [5.41, 5.74) is 3.33. The number of fused-ring (bicyclic) bond motifs is 1. The molecule has 2 aromatic heterocycles. The second kappa shape index (κ2) is 8.59. The molecule has 0 aliphatic heterocycles. The Hall–Kier alpha value is -3.96. The van der Waals surface area contributed by atoms with Crippen molar-refractivity contribution in [3.8, 4) is 6.07 Å². The summed E-state index contributed by atoms with van der Waals surface area (Å²) in [5, 5.41) is 20.7. The molecule has 0 fully saturated rings. The predicted molar refractivity (Wildman–Crippen MR) is 118 cm³/mol. The van der Waals surface area contributed by atoms with Crippen LogP contribution in [0.4, 0.5) is 5.69 Å². The maximum atomic E-state index is 12.5. The van der Waals surface area contributed by atoms with Gasteiger partial charge in [-0.05, 0) is 60.9 Å². The molecule has 0 radical (unpaired) electrons. The number of nitrogens with one attached hydrogen (secondary N) is 1. The van der Waals surface area contributed by atoms with E-state index in [1.165, 1.54) is 4.68 Å². The summed E-state index contributed by atoms with van der Waals surface area (Å²) in [5.74, 6) is -0.206. The fourth-order valence-electron chi connectivity index (χ4n) is 2.87. The average Bonchev–Trinajstić information content (AvgIpc) is 3.21. The van der Waals surface area contributed by atoms with Crippen LogP contribution in [-0.2, 0) is 0 Å². The molecule has 4 aromatic rings. The van der Waals surface area contributed by atoms with Gasteiger partial charge in [0.1, 0.15) is 17.3 Å². The SMILES string of the molecule is CSc1ccc(C(=O)Nc2ccc3c(c2)nnn3/C(C#N)=C/c2ccccn2)cc1. The van der Waals surface area contributed by atoms with Gasteiger partial charge in [-0.3, -0.25) is 9.78 Å². The minimum Gasteiger partial charge on any atom is -0.322 e. The Balaban J connectivity index is 1.59. The fraction of sp³-hybridized carbons (Fsp3) is 0.0455. The predicted octanol–water partition coefficient (Wildman–Crippen LogP) is 4.32. The smallest absolute Gasteiger partial charge is 0.255 e. The minimum atomic E-state index is -0.206. The van der Waals surface area contributed by atoms with Crippen LogP contribution in [0.25, 0.3) is 22.8 Å². The lowest BCUT2D eigenvalue weighted by molar-refractivity contribution is 0.102. The molecule has 0 unspecified atom stereocenters. The van der Waals surface area contributed by atoms with Crippen LogP contribution in [0.2, 0.25) is 0 Å². The number of pyridine rings is 1. The van der Waals surface area contributed by atoms with E-state index in [0.717, 1.165) is 4.90 Å². The van der Waals surface area contributed by atoms with Crippen molar-refractivity contribution < 1.29 is 4.79 Å². The second-order valence-electron chi connectivity index (χ2n) is 6.28. The standard InChI is InChI=1S/C22H16N6OS/c1-30-19-8-5-15(6-9-19)22(29)25-17-7-10-21-20(13-17)26-27-28(21)18(14-23)12-16-4-2-3-11-24-16/h2-13H,1H3,(H,25,29)/b18-12+. The van der Waals surface area contributed by atoms with Crippen molar-refractivity contribution in [3.63, 3.8) is 0 Å². The largest absolute Gasteiger partial charge is 0.322 e. The average molecular weight is 412 g/mol. The topological polar surface area (TPSA) is 96.5 Å². The van der Waals surface area contributed by atoms with Crippen molar-refractivity contribution in [2.24, 2.45) is 0 Å². The van der Waals surface area contributed by atoms with Gasteiger partial charge in [0, 0.05) is 28.4 Å². The van der Waals surface area contributed by atoms with Crippen LogP contribution in [0.5, 0.6) is 0 Å². The normalized spacial score (nSPS) is 11.3. The van der Waals surface area contributed by atoms with E-state index in [1.54, 1.807) is 66.5 Å². The molecule has 30 heavy (non-hydrogen) atoms. The maximum Gasteiger partial charge on any atom is 0.255 e. The van der Waals surface area contributed by atoms with Crippen molar-refractivity contribution in [1.82, 2.24) is 20.0 Å². The van der Waals surface area contributed by atoms with Crippen LogP contribution in [-0.4, -0.2) is 32.1 Å². The van der Waals surface area contributed by atoms with E-state index < -0.39 is 0 Å². The summed E-state index contributed by atoms with van der Waals surface area (Å²) in [7, 11) is 0. The molecule has 7 nitrogen and oxygen atoms in total. The first kappa shape index (κ1) is 19.4. The number of anilines is 1. The molecule has 0 aliphatic rings. The fourth-order valence-corrected chi connectivity index (χ4v) is 3.28. The highest BCUT2D eigenvalue weighted by Crippen LogP contribution is 2.21. The Bertz CT molecular complexity index is 1270. The van der Waals surface area contributed by atoms with Gasteiger partial charge in [-0.25, -0.2) is 4.68 Å². The van der Waals surface area contributed by atoms with Crippen molar-refractivity contribution in [1.29, 1.82) is 5.26 Å². The molecule has 2 aromatic carbocycles. The molecule has 0 atom stereocenters. The third kappa shape index (κ3) is 4.06. The molecule has 0 saturated carbocycles. The highest BCUT2D eigenvalue weighted by atomic mass is 32.2. The second-order valence-corrected chi connectivity index (χ2v) is 7.16. The number of hydrogen-bond acceptors (Lipinski definition) is 6. The van der Waals surface area contributed by atoms with Crippen molar-refractivity contribution in [2.75, 3.05) is 11.6 Å². The lowest BCUT2D eigenvalue weighted by Crippen LogP contribution is -2.11. The number of nitriles is 1. The molecule has 0 saturated heterocycles. The highest BCUT2D eigenvalue weighted by molar-refractivity contribution is 7.98. The number of thioether (sulfide) groups is 1. The summed E-state index contributed by atoms with van der Waals surface area (Å²) >= 11 is 1.62. The quantitative estimate of drug-likeness (QED) is 0.387. The number of nitrogens with zero attached hydrogens (tertiary/aromatic N) is 5. The van der Waals surface area contributed by atoms with Gasteiger partial charge in [0.25, 0.3) is 5.91 Å². The molecule has 146 valence electrons. The lowest BCUT2D eigenvalue weighted by Gasteiger charge is -2.06. The van der Waals surface area contributed by atoms with E-state index in [2.05, 4.69) is 26.7 Å². The van der Waals surface area contributed by atoms with E-state index in [4.69, 9.17) is 0 Å². The number of hydrogen-bond donors (Lipinski definition) is 1. The molecule has 1 amide bonds. The van der Waals surface area contributed by atoms with Crippen molar-refractivity contribution >= 4 is 46.2 Å². The number of rotatable bonds is 5. The summed E-state index contributed by atoms with van der Waals surface area (Å²) < 4.78 is 1.46. The number of allylic oxidation sites excluding steroid dienone is 1. The van der Waals surface area contributed by atoms with Gasteiger partial charge in [0.15, 0.2) is 0 Å². The Morgan fingerprint density at radius 1 is 1.17 bits per heavy atom. The first-order valence-electron chi connectivity index (χ1n) is 9.02. The van der Waals surface area contributed by atoms with E-state index in [9.17, 15) is 10.1 Å². The van der Waals surface area contributed by atoms with Gasteiger partial charge >= 0.3 is 0 Å². The molecule has 8 heteroatoms. The van der Waals surface area contributed by atoms with Crippen LogP contribution < -0.4 is 5.32 Å². The van der Waals surface area contributed by atoms with Crippen molar-refractivity contribution in [3.05, 3.63) is 78.1 Å². The molecule has 0 aliphatic carbocycles. The Morgan fingerprint density at radius 2 is 2.00 bits per heavy atom. The van der Waals surface area contributed by atoms with E-state index in [0.29, 0.717) is 33.7 Å². The first-order valence-corrected chi connectivity index (χ1v) is 10.2. The molecule has 0 spiro atoms. The van der Waals surface area contributed by atoms with Crippen LogP contribution in [0, 0.1) is 11.3 Å². The number of carbonyl (C=O) groups is 1. The number of carbonyl (C=O) groups excluding carboxylic acids is 1. The zero-order chi connectivity index (χ0) is 20.9. The summed E-state index contributed by atoms with van der Waals surface area (Å²) in [6.07, 6.45) is 5.28. The summed E-state index contributed by atoms with van der Waals surface area (Å²) in [6.45, 7) is 0. The number of amides is 1. The first-order chi connectivity index (χ1) is 14.7. The van der Waals surface area contributed by atoms with E-state index in [-0.39, 0.29) is 5.91 Å². The molecular weight excluding hydrogens is 396 g/mol. The maximum absolute atomic E-state index is 12.5. The zero-order valence-corrected chi connectivity index (χ0v) is 16.8. The molecule has 4 rings (SSSR count). The van der Waals surface area contributed by atoms with E-state index in [1.807, 2.05) is 24.5 Å². The number of aromatic nitrogens is 4. The van der Waals surface area contributed by atoms with Crippen LogP contribution in [0.15, 0.2) is 71.8 Å². The molecule has 1 N–H and O–H groups in total. The van der Waals surface area contributed by atoms with Crippen LogP contribution in [0.3, 0.4) is 0 Å². The molecule has 0 bridgehead atoms. The zero-order valence-electron chi connectivity index (χ0n) is 16.0. The molecular formula is C22H16N6OS. The van der Waals surface area contributed by atoms with Crippen LogP contribution >= 0.6 is 11.8 Å². The third-order valence-electron chi connectivity index (χ3n) is 4.37. The van der Waals surface area contributed by atoms with Gasteiger partial charge < -0.3 is 5.32 Å². The molecule has 2 heterocycles. The van der Waals surface area contributed by atoms with Crippen LogP contribution in [0.1, 0.15) is 16.1 Å². The Labute approximate surface area is 177 Å². The van der Waals surface area contributed by atoms with Gasteiger partial charge in [-0.1, -0.05) is 11.3 Å². The van der Waals surface area contributed by atoms with E-state index >= 15 is 0 Å². The summed E-state index contributed by atoms with van der Waals surface area (Å²) in [6, 6.07) is 20.2. The monoisotopic (exact) mass is 412 g/mol. The van der Waals surface area contributed by atoms with Gasteiger partial charge in [0.05, 0.1) is 11.2 Å². The third-order valence-corrected chi connectivity index (χ3v) is 5.11. The lowest BCUT2D eigenvalue weighted by atomic mass is 10.2. The minimum absolute atomic E-state index is 0.206. The van der Waals surface area contributed by atoms with Gasteiger partial charge in [0.2, 0.25) is 0 Å².